The molecular formula is C18H22FN3O3. The molecule has 134 valence electrons. The Labute approximate surface area is 145 Å². The SMILES string of the molecule is Cc1nn(C(C)(C)C)cc1C(C)NC(=O)c1ccc(C(=O)O)cc1F. The van der Waals surface area contributed by atoms with Crippen LogP contribution in [0.5, 0.6) is 0 Å². The summed E-state index contributed by atoms with van der Waals surface area (Å²) in [4.78, 5) is 23.2. The van der Waals surface area contributed by atoms with E-state index in [1.54, 1.807) is 6.92 Å². The van der Waals surface area contributed by atoms with E-state index in [4.69, 9.17) is 5.11 Å². The lowest BCUT2D eigenvalue weighted by Gasteiger charge is -2.19. The number of halogens is 1. The number of carbonyl (C=O) groups excluding carboxylic acids is 1. The maximum atomic E-state index is 14.0. The van der Waals surface area contributed by atoms with Crippen LogP contribution in [0.15, 0.2) is 24.4 Å². The largest absolute Gasteiger partial charge is 0.478 e. The molecular weight excluding hydrogens is 325 g/mol. The lowest BCUT2D eigenvalue weighted by atomic mass is 10.1. The Bertz CT molecular complexity index is 821. The number of hydrogen-bond acceptors (Lipinski definition) is 3. The molecule has 0 radical (unpaired) electrons. The van der Waals surface area contributed by atoms with Gasteiger partial charge in [-0.05, 0) is 52.8 Å². The van der Waals surface area contributed by atoms with Crippen LogP contribution in [0.4, 0.5) is 4.39 Å². The fourth-order valence-electron chi connectivity index (χ4n) is 2.43. The minimum Gasteiger partial charge on any atom is -0.478 e. The van der Waals surface area contributed by atoms with Gasteiger partial charge in [0.05, 0.1) is 28.4 Å². The third kappa shape index (κ3) is 4.04. The smallest absolute Gasteiger partial charge is 0.335 e. The Balaban J connectivity index is 2.21. The Kier molecular flexibility index (Phi) is 4.97. The first kappa shape index (κ1) is 18.6. The first-order valence-corrected chi connectivity index (χ1v) is 7.91. The maximum Gasteiger partial charge on any atom is 0.335 e. The molecule has 2 N–H and O–H groups in total. The number of aryl methyl sites for hydroxylation is 1. The van der Waals surface area contributed by atoms with Crippen molar-refractivity contribution >= 4 is 11.9 Å². The van der Waals surface area contributed by atoms with Crippen molar-refractivity contribution in [2.75, 3.05) is 0 Å². The van der Waals surface area contributed by atoms with E-state index in [1.807, 2.05) is 38.6 Å². The summed E-state index contributed by atoms with van der Waals surface area (Å²) >= 11 is 0. The van der Waals surface area contributed by atoms with Gasteiger partial charge in [0, 0.05) is 11.8 Å². The Morgan fingerprint density at radius 1 is 1.32 bits per heavy atom. The van der Waals surface area contributed by atoms with Crippen LogP contribution >= 0.6 is 0 Å². The van der Waals surface area contributed by atoms with Crippen molar-refractivity contribution in [3.63, 3.8) is 0 Å². The maximum absolute atomic E-state index is 14.0. The molecule has 0 aliphatic carbocycles. The van der Waals surface area contributed by atoms with Gasteiger partial charge < -0.3 is 10.4 Å². The predicted molar refractivity (Wildman–Crippen MR) is 91.2 cm³/mol. The zero-order chi connectivity index (χ0) is 18.9. The standard InChI is InChI=1S/C18H22FN3O3/c1-10(14-9-22(18(3,4)5)21-11(14)2)20-16(23)13-7-6-12(17(24)25)8-15(13)19/h6-10H,1-5H3,(H,20,23)(H,24,25). The summed E-state index contributed by atoms with van der Waals surface area (Å²) in [5.74, 6) is -2.72. The molecule has 25 heavy (non-hydrogen) atoms. The Morgan fingerprint density at radius 3 is 2.44 bits per heavy atom. The minimum absolute atomic E-state index is 0.189. The van der Waals surface area contributed by atoms with Gasteiger partial charge in [0.15, 0.2) is 0 Å². The van der Waals surface area contributed by atoms with Gasteiger partial charge in [-0.1, -0.05) is 0 Å². The van der Waals surface area contributed by atoms with Gasteiger partial charge in [-0.3, -0.25) is 9.48 Å². The van der Waals surface area contributed by atoms with Crippen molar-refractivity contribution in [3.05, 3.63) is 52.6 Å². The molecule has 0 aliphatic rings. The van der Waals surface area contributed by atoms with Crippen LogP contribution in [0.2, 0.25) is 0 Å². The van der Waals surface area contributed by atoms with Gasteiger partial charge in [0.2, 0.25) is 0 Å². The second kappa shape index (κ2) is 6.66. The van der Waals surface area contributed by atoms with Crippen LogP contribution in [0.1, 0.15) is 65.7 Å². The van der Waals surface area contributed by atoms with Gasteiger partial charge in [-0.25, -0.2) is 9.18 Å². The normalized spacial score (nSPS) is 12.7. The van der Waals surface area contributed by atoms with Gasteiger partial charge in [0.1, 0.15) is 5.82 Å². The molecule has 1 unspecified atom stereocenters. The van der Waals surface area contributed by atoms with Crippen LogP contribution in [-0.2, 0) is 5.54 Å². The Hall–Kier alpha value is -2.70. The number of carboxylic acids is 1. The van der Waals surface area contributed by atoms with Gasteiger partial charge in [-0.2, -0.15) is 5.10 Å². The molecule has 0 bridgehead atoms. The first-order valence-electron chi connectivity index (χ1n) is 7.91. The number of nitrogens with zero attached hydrogens (tertiary/aromatic N) is 2. The molecule has 2 rings (SSSR count). The van der Waals surface area contributed by atoms with E-state index in [0.717, 1.165) is 17.3 Å². The van der Waals surface area contributed by atoms with Gasteiger partial charge in [0.25, 0.3) is 5.91 Å². The highest BCUT2D eigenvalue weighted by atomic mass is 19.1. The highest BCUT2D eigenvalue weighted by molar-refractivity contribution is 5.96. The second-order valence-electron chi connectivity index (χ2n) is 6.98. The molecule has 6 nitrogen and oxygen atoms in total. The van der Waals surface area contributed by atoms with Crippen molar-refractivity contribution in [2.24, 2.45) is 0 Å². The van der Waals surface area contributed by atoms with Crippen LogP contribution in [-0.4, -0.2) is 26.8 Å². The van der Waals surface area contributed by atoms with Crippen molar-refractivity contribution in [1.82, 2.24) is 15.1 Å². The van der Waals surface area contributed by atoms with Crippen molar-refractivity contribution in [3.8, 4) is 0 Å². The molecule has 1 atom stereocenters. The highest BCUT2D eigenvalue weighted by Gasteiger charge is 2.22. The number of rotatable bonds is 4. The summed E-state index contributed by atoms with van der Waals surface area (Å²) in [5.41, 5.74) is 1.03. The van der Waals surface area contributed by atoms with Gasteiger partial charge in [-0.15, -0.1) is 0 Å². The summed E-state index contributed by atoms with van der Waals surface area (Å²) < 4.78 is 15.8. The predicted octanol–water partition coefficient (Wildman–Crippen LogP) is 3.27. The van der Waals surface area contributed by atoms with Crippen LogP contribution < -0.4 is 5.32 Å². The fraction of sp³-hybridized carbons (Fsp3) is 0.389. The number of benzene rings is 1. The molecule has 0 spiro atoms. The van der Waals surface area contributed by atoms with E-state index in [-0.39, 0.29) is 22.7 Å². The van der Waals surface area contributed by atoms with Gasteiger partial charge >= 0.3 is 5.97 Å². The number of carbonyl (C=O) groups is 2. The van der Waals surface area contributed by atoms with Crippen molar-refractivity contribution in [2.45, 2.75) is 46.2 Å². The zero-order valence-corrected chi connectivity index (χ0v) is 14.9. The monoisotopic (exact) mass is 347 g/mol. The van der Waals surface area contributed by atoms with E-state index >= 15 is 0 Å². The molecule has 0 fully saturated rings. The quantitative estimate of drug-likeness (QED) is 0.889. The summed E-state index contributed by atoms with van der Waals surface area (Å²) in [6, 6.07) is 2.84. The van der Waals surface area contributed by atoms with Crippen molar-refractivity contribution in [1.29, 1.82) is 0 Å². The molecule has 7 heteroatoms. The lowest BCUT2D eigenvalue weighted by Crippen LogP contribution is -2.28. The van der Waals surface area contributed by atoms with Crippen LogP contribution in [0.3, 0.4) is 0 Å². The summed E-state index contributed by atoms with van der Waals surface area (Å²) in [6.07, 6.45) is 1.87. The van der Waals surface area contributed by atoms with E-state index in [1.165, 1.54) is 12.1 Å². The average molecular weight is 347 g/mol. The second-order valence-corrected chi connectivity index (χ2v) is 6.98. The molecule has 1 amide bonds. The number of nitrogens with one attached hydrogen (secondary N) is 1. The van der Waals surface area contributed by atoms with Crippen molar-refractivity contribution < 1.29 is 19.1 Å². The minimum atomic E-state index is -1.25. The van der Waals surface area contributed by atoms with E-state index in [2.05, 4.69) is 10.4 Å². The number of aromatic carboxylic acids is 1. The fourth-order valence-corrected chi connectivity index (χ4v) is 2.43. The van der Waals surface area contributed by atoms with Crippen LogP contribution in [0, 0.1) is 12.7 Å². The third-order valence-electron chi connectivity index (χ3n) is 3.90. The van der Waals surface area contributed by atoms with Crippen LogP contribution in [0.25, 0.3) is 0 Å². The molecule has 0 saturated carbocycles. The van der Waals surface area contributed by atoms with E-state index in [9.17, 15) is 14.0 Å². The van der Waals surface area contributed by atoms with E-state index < -0.39 is 17.7 Å². The summed E-state index contributed by atoms with van der Waals surface area (Å²) in [6.45, 7) is 9.70. The molecule has 1 aromatic carbocycles. The number of aromatic nitrogens is 2. The number of carboxylic acid groups (broad SMARTS) is 1. The zero-order valence-electron chi connectivity index (χ0n) is 14.9. The lowest BCUT2D eigenvalue weighted by molar-refractivity contribution is 0.0695. The molecule has 1 aromatic heterocycles. The molecule has 0 saturated heterocycles. The summed E-state index contributed by atoms with van der Waals surface area (Å²) in [7, 11) is 0. The Morgan fingerprint density at radius 2 is 1.96 bits per heavy atom. The topological polar surface area (TPSA) is 84.2 Å². The first-order chi connectivity index (χ1) is 11.5. The number of hydrogen-bond donors (Lipinski definition) is 2. The third-order valence-corrected chi connectivity index (χ3v) is 3.90. The average Bonchev–Trinajstić information content (AvgIpc) is 2.89. The molecule has 1 heterocycles. The molecule has 2 aromatic rings. The number of amides is 1. The molecule has 0 aliphatic heterocycles. The van der Waals surface area contributed by atoms with E-state index in [0.29, 0.717) is 0 Å². The highest BCUT2D eigenvalue weighted by Crippen LogP contribution is 2.22. The summed E-state index contributed by atoms with van der Waals surface area (Å²) in [5, 5.41) is 16.0.